The minimum atomic E-state index is -1.24. The Kier molecular flexibility index (Phi) is 6.10. The number of thiazole rings is 1. The number of aromatic nitrogens is 1. The number of ketones is 1. The number of Topliss-reactive ketones (excluding diaryl/α,β-unsaturated/α-hetero) is 1. The Morgan fingerprint density at radius 1 is 1.30 bits per heavy atom. The molecule has 1 heterocycles. The van der Waals surface area contributed by atoms with Crippen LogP contribution in [0.4, 0.5) is 5.13 Å². The average molecular weight is 299 g/mol. The predicted molar refractivity (Wildman–Crippen MR) is 75.5 cm³/mol. The Hall–Kier alpha value is -1.96. The number of amides is 1. The maximum absolute atomic E-state index is 11.4. The molecule has 0 fully saturated rings. The summed E-state index contributed by atoms with van der Waals surface area (Å²) in [7, 11) is 0. The second-order valence-electron chi connectivity index (χ2n) is 4.08. The molecule has 20 heavy (non-hydrogen) atoms. The molecule has 0 bridgehead atoms. The number of anilines is 1. The van der Waals surface area contributed by atoms with Crippen LogP contribution in [0.2, 0.25) is 0 Å². The SMILES string of the molecule is CCCNC(=O)CCNc1nc(C(=O)O)c(C(C)=O)s1. The van der Waals surface area contributed by atoms with Gasteiger partial charge >= 0.3 is 5.97 Å². The Bertz CT molecular complexity index is 481. The third-order valence-corrected chi connectivity index (χ3v) is 3.46. The Labute approximate surface area is 120 Å². The minimum Gasteiger partial charge on any atom is -0.476 e. The largest absolute Gasteiger partial charge is 0.476 e. The third kappa shape index (κ3) is 4.61. The number of carbonyl (C=O) groups excluding carboxylic acids is 2. The first-order chi connectivity index (χ1) is 9.45. The number of aromatic carboxylic acids is 1. The zero-order valence-corrected chi connectivity index (χ0v) is 12.2. The molecule has 0 atom stereocenters. The van der Waals surface area contributed by atoms with Crippen LogP contribution in [0, 0.1) is 0 Å². The van der Waals surface area contributed by atoms with Crippen molar-refractivity contribution in [2.45, 2.75) is 26.7 Å². The quantitative estimate of drug-likeness (QED) is 0.626. The molecule has 0 unspecified atom stereocenters. The number of hydrogen-bond donors (Lipinski definition) is 3. The molecule has 0 aliphatic carbocycles. The van der Waals surface area contributed by atoms with E-state index in [1.807, 2.05) is 6.92 Å². The van der Waals surface area contributed by atoms with Gasteiger partial charge in [-0.1, -0.05) is 18.3 Å². The van der Waals surface area contributed by atoms with Crippen molar-refractivity contribution in [1.82, 2.24) is 10.3 Å². The highest BCUT2D eigenvalue weighted by Gasteiger charge is 2.20. The van der Waals surface area contributed by atoms with E-state index >= 15 is 0 Å². The van der Waals surface area contributed by atoms with Gasteiger partial charge in [0.05, 0.1) is 0 Å². The lowest BCUT2D eigenvalue weighted by Crippen LogP contribution is -2.25. The van der Waals surface area contributed by atoms with E-state index in [1.165, 1.54) is 6.92 Å². The first kappa shape index (κ1) is 16.1. The molecule has 7 nitrogen and oxygen atoms in total. The second kappa shape index (κ2) is 7.59. The summed E-state index contributed by atoms with van der Waals surface area (Å²) in [6.07, 6.45) is 1.13. The smallest absolute Gasteiger partial charge is 0.356 e. The fourth-order valence-corrected chi connectivity index (χ4v) is 2.29. The summed E-state index contributed by atoms with van der Waals surface area (Å²) >= 11 is 0.981. The molecule has 0 aliphatic rings. The summed E-state index contributed by atoms with van der Waals surface area (Å²) in [5, 5.41) is 14.8. The molecule has 0 saturated carbocycles. The molecule has 0 aromatic carbocycles. The highest BCUT2D eigenvalue weighted by atomic mass is 32.1. The summed E-state index contributed by atoms with van der Waals surface area (Å²) < 4.78 is 0. The topological polar surface area (TPSA) is 108 Å². The van der Waals surface area contributed by atoms with Crippen LogP contribution in [0.3, 0.4) is 0 Å². The van der Waals surface area contributed by atoms with Gasteiger partial charge in [0.1, 0.15) is 4.88 Å². The molecule has 1 aromatic rings. The molecule has 0 spiro atoms. The third-order valence-electron chi connectivity index (χ3n) is 2.35. The van der Waals surface area contributed by atoms with Crippen LogP contribution in [0.5, 0.6) is 0 Å². The van der Waals surface area contributed by atoms with E-state index in [0.29, 0.717) is 18.2 Å². The van der Waals surface area contributed by atoms with E-state index in [-0.39, 0.29) is 28.7 Å². The van der Waals surface area contributed by atoms with Gasteiger partial charge < -0.3 is 15.7 Å². The van der Waals surface area contributed by atoms with Crippen molar-refractivity contribution in [3.63, 3.8) is 0 Å². The van der Waals surface area contributed by atoms with Gasteiger partial charge in [0.15, 0.2) is 16.6 Å². The molecule has 1 amide bonds. The van der Waals surface area contributed by atoms with E-state index in [0.717, 1.165) is 17.8 Å². The summed E-state index contributed by atoms with van der Waals surface area (Å²) in [6, 6.07) is 0. The van der Waals surface area contributed by atoms with Crippen LogP contribution in [-0.2, 0) is 4.79 Å². The molecule has 3 N–H and O–H groups in total. The van der Waals surface area contributed by atoms with Gasteiger partial charge in [0.25, 0.3) is 0 Å². The van der Waals surface area contributed by atoms with Crippen molar-refractivity contribution in [3.8, 4) is 0 Å². The lowest BCUT2D eigenvalue weighted by molar-refractivity contribution is -0.120. The Morgan fingerprint density at radius 2 is 2.00 bits per heavy atom. The Balaban J connectivity index is 2.57. The maximum Gasteiger partial charge on any atom is 0.356 e. The lowest BCUT2D eigenvalue weighted by atomic mass is 10.3. The minimum absolute atomic E-state index is 0.0823. The summed E-state index contributed by atoms with van der Waals surface area (Å²) in [4.78, 5) is 37.6. The molecule has 110 valence electrons. The van der Waals surface area contributed by atoms with Crippen molar-refractivity contribution in [3.05, 3.63) is 10.6 Å². The van der Waals surface area contributed by atoms with Crippen molar-refractivity contribution >= 4 is 34.1 Å². The first-order valence-corrected chi connectivity index (χ1v) is 7.03. The molecule has 1 rings (SSSR count). The number of rotatable bonds is 8. The van der Waals surface area contributed by atoms with E-state index in [4.69, 9.17) is 5.11 Å². The van der Waals surface area contributed by atoms with Gasteiger partial charge in [0, 0.05) is 26.4 Å². The summed E-state index contributed by atoms with van der Waals surface area (Å²) in [5.74, 6) is -1.66. The average Bonchev–Trinajstić information content (AvgIpc) is 2.81. The van der Waals surface area contributed by atoms with Crippen LogP contribution in [0.25, 0.3) is 0 Å². The fourth-order valence-electron chi connectivity index (χ4n) is 1.42. The van der Waals surface area contributed by atoms with Gasteiger partial charge in [-0.2, -0.15) is 0 Å². The molecule has 0 radical (unpaired) electrons. The molecular formula is C12H17N3O4S. The molecular weight excluding hydrogens is 282 g/mol. The van der Waals surface area contributed by atoms with Gasteiger partial charge in [-0.15, -0.1) is 0 Å². The zero-order chi connectivity index (χ0) is 15.1. The van der Waals surface area contributed by atoms with Crippen LogP contribution < -0.4 is 10.6 Å². The number of carbonyl (C=O) groups is 3. The normalized spacial score (nSPS) is 10.1. The van der Waals surface area contributed by atoms with E-state index in [9.17, 15) is 14.4 Å². The second-order valence-corrected chi connectivity index (χ2v) is 5.08. The number of carboxylic acids is 1. The van der Waals surface area contributed by atoms with Crippen molar-refractivity contribution in [2.24, 2.45) is 0 Å². The predicted octanol–water partition coefficient (Wildman–Crippen LogP) is 1.37. The highest BCUT2D eigenvalue weighted by molar-refractivity contribution is 7.17. The zero-order valence-electron chi connectivity index (χ0n) is 11.4. The van der Waals surface area contributed by atoms with Gasteiger partial charge in [-0.05, 0) is 6.42 Å². The molecule has 0 saturated heterocycles. The fraction of sp³-hybridized carbons (Fsp3) is 0.500. The summed E-state index contributed by atoms with van der Waals surface area (Å²) in [5.41, 5.74) is -0.250. The van der Waals surface area contributed by atoms with Crippen LogP contribution in [0.15, 0.2) is 0 Å². The van der Waals surface area contributed by atoms with E-state index in [1.54, 1.807) is 0 Å². The Morgan fingerprint density at radius 3 is 2.50 bits per heavy atom. The number of hydrogen-bond acceptors (Lipinski definition) is 6. The van der Waals surface area contributed by atoms with Crippen LogP contribution >= 0.6 is 11.3 Å². The van der Waals surface area contributed by atoms with Crippen molar-refractivity contribution in [1.29, 1.82) is 0 Å². The van der Waals surface area contributed by atoms with Gasteiger partial charge in [-0.3, -0.25) is 9.59 Å². The van der Waals surface area contributed by atoms with E-state index < -0.39 is 5.97 Å². The first-order valence-electron chi connectivity index (χ1n) is 6.21. The highest BCUT2D eigenvalue weighted by Crippen LogP contribution is 2.23. The maximum atomic E-state index is 11.4. The van der Waals surface area contributed by atoms with Crippen molar-refractivity contribution in [2.75, 3.05) is 18.4 Å². The summed E-state index contributed by atoms with van der Waals surface area (Å²) in [6.45, 7) is 4.22. The van der Waals surface area contributed by atoms with Crippen LogP contribution in [0.1, 0.15) is 46.8 Å². The molecule has 0 aliphatic heterocycles. The molecule has 8 heteroatoms. The van der Waals surface area contributed by atoms with Gasteiger partial charge in [-0.25, -0.2) is 9.78 Å². The van der Waals surface area contributed by atoms with E-state index in [2.05, 4.69) is 15.6 Å². The number of nitrogens with one attached hydrogen (secondary N) is 2. The lowest BCUT2D eigenvalue weighted by Gasteiger charge is -2.03. The van der Waals surface area contributed by atoms with Gasteiger partial charge in [0.2, 0.25) is 5.91 Å². The molecule has 1 aromatic heterocycles. The number of carboxylic acid groups (broad SMARTS) is 1. The van der Waals surface area contributed by atoms with Crippen LogP contribution in [-0.4, -0.2) is 40.8 Å². The monoisotopic (exact) mass is 299 g/mol. The standard InChI is InChI=1S/C12H17N3O4S/c1-3-5-13-8(17)4-6-14-12-15-9(11(18)19)10(20-12)7(2)16/h3-6H2,1-2H3,(H,13,17)(H,14,15)(H,18,19). The number of nitrogens with zero attached hydrogens (tertiary/aromatic N) is 1. The van der Waals surface area contributed by atoms with Crippen molar-refractivity contribution < 1.29 is 19.5 Å².